The van der Waals surface area contributed by atoms with Gasteiger partial charge in [0.05, 0.1) is 4.47 Å². The fraction of sp³-hybridized carbons (Fsp3) is 0.294. The molecule has 0 atom stereocenters. The molecule has 0 bridgehead atoms. The van der Waals surface area contributed by atoms with Gasteiger partial charge >= 0.3 is 0 Å². The molecule has 0 N–H and O–H groups in total. The van der Waals surface area contributed by atoms with Crippen LogP contribution in [0.4, 0.5) is 8.78 Å². The van der Waals surface area contributed by atoms with Crippen LogP contribution in [0.1, 0.15) is 23.1 Å². The number of rotatable bonds is 2. The largest absolute Gasteiger partial charge is 0.295 e. The summed E-state index contributed by atoms with van der Waals surface area (Å²) in [5.41, 5.74) is 2.74. The van der Waals surface area contributed by atoms with Gasteiger partial charge in [-0.25, -0.2) is 8.78 Å². The molecule has 0 aromatic heterocycles. The summed E-state index contributed by atoms with van der Waals surface area (Å²) < 4.78 is 28.3. The van der Waals surface area contributed by atoms with Gasteiger partial charge in [-0.1, -0.05) is 24.3 Å². The second-order valence-electron chi connectivity index (χ2n) is 5.40. The highest BCUT2D eigenvalue weighted by molar-refractivity contribution is 9.10. The van der Waals surface area contributed by atoms with E-state index in [1.165, 1.54) is 23.3 Å². The van der Waals surface area contributed by atoms with Gasteiger partial charge in [0.1, 0.15) is 11.6 Å². The second-order valence-corrected chi connectivity index (χ2v) is 6.26. The molecular weight excluding hydrogens is 336 g/mol. The van der Waals surface area contributed by atoms with Crippen LogP contribution in [0.5, 0.6) is 0 Å². The molecule has 0 aliphatic carbocycles. The van der Waals surface area contributed by atoms with Crippen LogP contribution in [-0.4, -0.2) is 11.4 Å². The standard InChI is InChI=1S/C17H16BrF2N/c18-15-7-8-16(19)14(17(15)20)11-21-9-3-6-12-4-1-2-5-13(12)10-21/h1-2,4-5,7-8H,3,6,9-11H2. The quantitative estimate of drug-likeness (QED) is 0.710. The second kappa shape index (κ2) is 6.24. The van der Waals surface area contributed by atoms with E-state index in [9.17, 15) is 8.78 Å². The van der Waals surface area contributed by atoms with Gasteiger partial charge in [-0.3, -0.25) is 4.90 Å². The highest BCUT2D eigenvalue weighted by Crippen LogP contribution is 2.25. The fourth-order valence-corrected chi connectivity index (χ4v) is 3.21. The Kier molecular flexibility index (Phi) is 4.36. The zero-order valence-corrected chi connectivity index (χ0v) is 13.2. The van der Waals surface area contributed by atoms with Gasteiger partial charge in [0, 0.05) is 18.7 Å². The van der Waals surface area contributed by atoms with Gasteiger partial charge < -0.3 is 0 Å². The molecule has 0 spiro atoms. The van der Waals surface area contributed by atoms with Crippen LogP contribution in [-0.2, 0) is 19.5 Å². The number of benzene rings is 2. The Bertz CT molecular complexity index is 657. The lowest BCUT2D eigenvalue weighted by Gasteiger charge is -2.21. The summed E-state index contributed by atoms with van der Waals surface area (Å²) in [5, 5.41) is 0. The maximum Gasteiger partial charge on any atom is 0.144 e. The van der Waals surface area contributed by atoms with Gasteiger partial charge in [-0.15, -0.1) is 0 Å². The zero-order valence-electron chi connectivity index (χ0n) is 11.6. The Balaban J connectivity index is 1.85. The van der Waals surface area contributed by atoms with Gasteiger partial charge in [0.25, 0.3) is 0 Å². The Morgan fingerprint density at radius 3 is 2.62 bits per heavy atom. The van der Waals surface area contributed by atoms with Gasteiger partial charge in [0.2, 0.25) is 0 Å². The molecular formula is C17H16BrF2N. The Morgan fingerprint density at radius 1 is 1.05 bits per heavy atom. The van der Waals surface area contributed by atoms with E-state index in [2.05, 4.69) is 33.0 Å². The predicted molar refractivity (Wildman–Crippen MR) is 82.9 cm³/mol. The van der Waals surface area contributed by atoms with Crippen molar-refractivity contribution in [2.45, 2.75) is 25.9 Å². The minimum Gasteiger partial charge on any atom is -0.295 e. The van der Waals surface area contributed by atoms with Crippen LogP contribution in [0, 0.1) is 11.6 Å². The molecule has 1 aliphatic rings. The summed E-state index contributed by atoms with van der Waals surface area (Å²) in [7, 11) is 0. The maximum absolute atomic E-state index is 14.1. The normalized spacial score (nSPS) is 15.6. The van der Waals surface area contributed by atoms with Crippen molar-refractivity contribution in [1.82, 2.24) is 4.90 Å². The molecule has 1 nitrogen and oxygen atoms in total. The molecule has 0 saturated carbocycles. The number of fused-ring (bicyclic) bond motifs is 1. The predicted octanol–water partition coefficient (Wildman–Crippen LogP) is 4.68. The van der Waals surface area contributed by atoms with Crippen molar-refractivity contribution in [3.05, 3.63) is 69.2 Å². The molecule has 110 valence electrons. The summed E-state index contributed by atoms with van der Waals surface area (Å²) in [5.74, 6) is -0.972. The minimum absolute atomic E-state index is 0.142. The molecule has 21 heavy (non-hydrogen) atoms. The van der Waals surface area contributed by atoms with Crippen molar-refractivity contribution in [1.29, 1.82) is 0 Å². The van der Waals surface area contributed by atoms with E-state index in [0.29, 0.717) is 11.0 Å². The van der Waals surface area contributed by atoms with Crippen LogP contribution < -0.4 is 0 Å². The number of hydrogen-bond donors (Lipinski definition) is 0. The first kappa shape index (κ1) is 14.7. The molecule has 0 amide bonds. The molecule has 1 aliphatic heterocycles. The van der Waals surface area contributed by atoms with Crippen molar-refractivity contribution in [3.8, 4) is 0 Å². The van der Waals surface area contributed by atoms with Crippen LogP contribution in [0.2, 0.25) is 0 Å². The summed E-state index contributed by atoms with van der Waals surface area (Å²) in [6.45, 7) is 1.88. The first-order valence-electron chi connectivity index (χ1n) is 7.06. The van der Waals surface area contributed by atoms with Crippen molar-refractivity contribution in [3.63, 3.8) is 0 Å². The van der Waals surface area contributed by atoms with Crippen LogP contribution in [0.15, 0.2) is 40.9 Å². The fourth-order valence-electron chi connectivity index (χ4n) is 2.84. The van der Waals surface area contributed by atoms with E-state index in [1.807, 2.05) is 12.1 Å². The van der Waals surface area contributed by atoms with Crippen molar-refractivity contribution >= 4 is 15.9 Å². The first-order valence-corrected chi connectivity index (χ1v) is 7.86. The molecule has 3 rings (SSSR count). The lowest BCUT2D eigenvalue weighted by atomic mass is 10.0. The maximum atomic E-state index is 14.1. The minimum atomic E-state index is -0.493. The van der Waals surface area contributed by atoms with Crippen LogP contribution >= 0.6 is 15.9 Å². The summed E-state index contributed by atoms with van der Waals surface area (Å²) in [4.78, 5) is 2.11. The lowest BCUT2D eigenvalue weighted by molar-refractivity contribution is 0.253. The van der Waals surface area contributed by atoms with E-state index in [1.54, 1.807) is 0 Å². The molecule has 0 unspecified atom stereocenters. The molecule has 0 radical (unpaired) electrons. The SMILES string of the molecule is Fc1ccc(Br)c(F)c1CN1CCCc2ccccc2C1. The van der Waals surface area contributed by atoms with E-state index < -0.39 is 11.6 Å². The average molecular weight is 352 g/mol. The van der Waals surface area contributed by atoms with Crippen molar-refractivity contribution < 1.29 is 8.78 Å². The summed E-state index contributed by atoms with van der Waals surface area (Å²) in [6, 6.07) is 11.0. The van der Waals surface area contributed by atoms with Gasteiger partial charge in [0.15, 0.2) is 0 Å². The molecule has 2 aromatic rings. The monoisotopic (exact) mass is 351 g/mol. The lowest BCUT2D eigenvalue weighted by Crippen LogP contribution is -2.24. The third-order valence-electron chi connectivity index (χ3n) is 3.95. The summed E-state index contributed by atoms with van der Waals surface area (Å²) >= 11 is 3.13. The Morgan fingerprint density at radius 2 is 1.81 bits per heavy atom. The molecule has 0 saturated heterocycles. The third kappa shape index (κ3) is 3.16. The van der Waals surface area contributed by atoms with E-state index in [-0.39, 0.29) is 5.56 Å². The first-order chi connectivity index (χ1) is 10.1. The van der Waals surface area contributed by atoms with Gasteiger partial charge in [-0.2, -0.15) is 0 Å². The Hall–Kier alpha value is -1.26. The zero-order chi connectivity index (χ0) is 14.8. The van der Waals surface area contributed by atoms with Crippen LogP contribution in [0.3, 0.4) is 0 Å². The third-order valence-corrected chi connectivity index (χ3v) is 4.57. The van der Waals surface area contributed by atoms with E-state index in [4.69, 9.17) is 0 Å². The Labute approximate surface area is 131 Å². The average Bonchev–Trinajstić information content (AvgIpc) is 2.69. The highest BCUT2D eigenvalue weighted by atomic mass is 79.9. The highest BCUT2D eigenvalue weighted by Gasteiger charge is 2.19. The number of nitrogens with zero attached hydrogens (tertiary/aromatic N) is 1. The number of hydrogen-bond acceptors (Lipinski definition) is 1. The topological polar surface area (TPSA) is 3.24 Å². The van der Waals surface area contributed by atoms with Gasteiger partial charge in [-0.05, 0) is 58.6 Å². The molecule has 1 heterocycles. The number of halogens is 3. The smallest absolute Gasteiger partial charge is 0.144 e. The van der Waals surface area contributed by atoms with Crippen molar-refractivity contribution in [2.75, 3.05) is 6.54 Å². The molecule has 0 fully saturated rings. The molecule has 4 heteroatoms. The van der Waals surface area contributed by atoms with E-state index in [0.717, 1.165) is 25.9 Å². The van der Waals surface area contributed by atoms with Crippen molar-refractivity contribution in [2.24, 2.45) is 0 Å². The molecule has 2 aromatic carbocycles. The number of aryl methyl sites for hydroxylation is 1. The van der Waals surface area contributed by atoms with Crippen LogP contribution in [0.25, 0.3) is 0 Å². The van der Waals surface area contributed by atoms with E-state index >= 15 is 0 Å². The summed E-state index contributed by atoms with van der Waals surface area (Å²) in [6.07, 6.45) is 2.03.